The smallest absolute Gasteiger partial charge is 0.0611 e. The van der Waals surface area contributed by atoms with Gasteiger partial charge in [-0.05, 0) is 37.5 Å². The summed E-state index contributed by atoms with van der Waals surface area (Å²) in [5.74, 6) is 0. The van der Waals surface area contributed by atoms with Crippen LogP contribution in [0.15, 0.2) is 23.1 Å². The number of thioether (sulfide) groups is 1. The van der Waals surface area contributed by atoms with Crippen molar-refractivity contribution in [1.29, 1.82) is 0 Å². The third-order valence-electron chi connectivity index (χ3n) is 3.11. The van der Waals surface area contributed by atoms with Gasteiger partial charge in [-0.2, -0.15) is 0 Å². The monoisotopic (exact) mass is 291 g/mol. The predicted octanol–water partition coefficient (Wildman–Crippen LogP) is 3.33. The first-order valence-corrected chi connectivity index (χ1v) is 7.17. The van der Waals surface area contributed by atoms with Crippen LogP contribution in [-0.2, 0) is 0 Å². The number of nitrogens with two attached hydrogens (primary N) is 1. The topological polar surface area (TPSA) is 46.2 Å². The molecule has 2 rings (SSSR count). The van der Waals surface area contributed by atoms with Crippen LogP contribution in [0.3, 0.4) is 0 Å². The lowest BCUT2D eigenvalue weighted by atomic mass is 10.0. The molecule has 1 saturated carbocycles. The fourth-order valence-corrected chi connectivity index (χ4v) is 3.82. The van der Waals surface area contributed by atoms with Gasteiger partial charge in [-0.15, -0.1) is 11.8 Å². The van der Waals surface area contributed by atoms with Gasteiger partial charge in [0, 0.05) is 15.7 Å². The number of hydrogen-bond acceptors (Lipinski definition) is 3. The van der Waals surface area contributed by atoms with Gasteiger partial charge in [-0.1, -0.05) is 23.2 Å². The first-order valence-electron chi connectivity index (χ1n) is 5.54. The Labute approximate surface area is 115 Å². The van der Waals surface area contributed by atoms with Crippen molar-refractivity contribution < 1.29 is 5.11 Å². The van der Waals surface area contributed by atoms with Crippen molar-refractivity contribution in [2.45, 2.75) is 34.9 Å². The van der Waals surface area contributed by atoms with E-state index in [1.807, 2.05) is 18.2 Å². The summed E-state index contributed by atoms with van der Waals surface area (Å²) < 4.78 is 0. The van der Waals surface area contributed by atoms with Gasteiger partial charge < -0.3 is 10.8 Å². The Kier molecular flexibility index (Phi) is 4.26. The Morgan fingerprint density at radius 1 is 1.41 bits per heavy atom. The molecule has 0 aromatic heterocycles. The Bertz CT molecular complexity index is 415. The molecule has 0 spiro atoms. The molecule has 0 amide bonds. The maximum Gasteiger partial charge on any atom is 0.0611 e. The average Bonchev–Trinajstić information content (AvgIpc) is 2.67. The summed E-state index contributed by atoms with van der Waals surface area (Å²) in [6.45, 7) is 0.0609. The number of aliphatic hydroxyl groups excluding tert-OH is 1. The fourth-order valence-electron chi connectivity index (χ4n) is 2.09. The molecule has 0 saturated heterocycles. The highest BCUT2D eigenvalue weighted by molar-refractivity contribution is 8.00. The van der Waals surface area contributed by atoms with Crippen LogP contribution in [0.5, 0.6) is 0 Å². The van der Waals surface area contributed by atoms with E-state index in [-0.39, 0.29) is 6.61 Å². The predicted molar refractivity (Wildman–Crippen MR) is 74.0 cm³/mol. The van der Waals surface area contributed by atoms with E-state index in [2.05, 4.69) is 0 Å². The second kappa shape index (κ2) is 5.37. The molecule has 94 valence electrons. The van der Waals surface area contributed by atoms with Crippen LogP contribution in [0.1, 0.15) is 19.3 Å². The van der Waals surface area contributed by atoms with Crippen molar-refractivity contribution in [2.24, 2.45) is 5.73 Å². The van der Waals surface area contributed by atoms with Crippen LogP contribution in [0, 0.1) is 0 Å². The summed E-state index contributed by atoms with van der Waals surface area (Å²) in [5.41, 5.74) is 5.65. The zero-order chi connectivity index (χ0) is 12.5. The zero-order valence-electron chi connectivity index (χ0n) is 9.33. The van der Waals surface area contributed by atoms with Gasteiger partial charge in [0.05, 0.1) is 16.7 Å². The van der Waals surface area contributed by atoms with Crippen LogP contribution in [0.25, 0.3) is 0 Å². The maximum absolute atomic E-state index is 9.22. The Hall–Kier alpha value is 0.0700. The summed E-state index contributed by atoms with van der Waals surface area (Å²) in [6, 6.07) is 5.65. The molecule has 0 aliphatic heterocycles. The van der Waals surface area contributed by atoms with Crippen molar-refractivity contribution in [3.05, 3.63) is 28.2 Å². The Morgan fingerprint density at radius 2 is 2.18 bits per heavy atom. The van der Waals surface area contributed by atoms with Gasteiger partial charge in [-0.25, -0.2) is 0 Å². The van der Waals surface area contributed by atoms with E-state index in [1.54, 1.807) is 11.8 Å². The van der Waals surface area contributed by atoms with Gasteiger partial charge >= 0.3 is 0 Å². The molecule has 1 aliphatic carbocycles. The number of hydrogen-bond donors (Lipinski definition) is 2. The Morgan fingerprint density at radius 3 is 2.76 bits per heavy atom. The molecular weight excluding hydrogens is 277 g/mol. The van der Waals surface area contributed by atoms with Gasteiger partial charge in [0.1, 0.15) is 0 Å². The van der Waals surface area contributed by atoms with Gasteiger partial charge in [0.25, 0.3) is 0 Å². The highest BCUT2D eigenvalue weighted by atomic mass is 35.5. The van der Waals surface area contributed by atoms with Crippen LogP contribution in [0.2, 0.25) is 10.0 Å². The minimum Gasteiger partial charge on any atom is -0.394 e. The molecule has 3 N–H and O–H groups in total. The van der Waals surface area contributed by atoms with Crippen molar-refractivity contribution in [2.75, 3.05) is 6.61 Å². The van der Waals surface area contributed by atoms with E-state index in [0.29, 0.717) is 15.3 Å². The minimum absolute atomic E-state index is 0.0609. The van der Waals surface area contributed by atoms with Crippen LogP contribution < -0.4 is 5.73 Å². The van der Waals surface area contributed by atoms with Gasteiger partial charge in [0.2, 0.25) is 0 Å². The number of benzene rings is 1. The number of rotatable bonds is 3. The summed E-state index contributed by atoms with van der Waals surface area (Å²) in [5, 5.41) is 10.8. The third kappa shape index (κ3) is 3.30. The van der Waals surface area contributed by atoms with E-state index < -0.39 is 5.54 Å². The molecule has 2 nitrogen and oxygen atoms in total. The summed E-state index contributed by atoms with van der Waals surface area (Å²) in [6.07, 6.45) is 2.75. The normalized spacial score (nSPS) is 28.6. The lowest BCUT2D eigenvalue weighted by Gasteiger charge is -2.20. The highest BCUT2D eigenvalue weighted by Gasteiger charge is 2.35. The average molecular weight is 292 g/mol. The molecule has 1 aliphatic rings. The lowest BCUT2D eigenvalue weighted by molar-refractivity contribution is 0.200. The van der Waals surface area contributed by atoms with E-state index in [1.165, 1.54) is 0 Å². The van der Waals surface area contributed by atoms with Crippen molar-refractivity contribution in [3.8, 4) is 0 Å². The zero-order valence-corrected chi connectivity index (χ0v) is 11.7. The third-order valence-corrected chi connectivity index (χ3v) is 5.11. The standard InChI is InChI=1S/C12H15Cl2NOS/c13-10-2-1-8(5-11(10)14)17-9-3-4-12(15,6-9)7-16/h1-2,5,9,16H,3-4,6-7,15H2. The maximum atomic E-state index is 9.22. The van der Waals surface area contributed by atoms with E-state index >= 15 is 0 Å². The fraction of sp³-hybridized carbons (Fsp3) is 0.500. The van der Waals surface area contributed by atoms with Crippen molar-refractivity contribution in [3.63, 3.8) is 0 Å². The molecule has 1 fully saturated rings. The van der Waals surface area contributed by atoms with Gasteiger partial charge in [0.15, 0.2) is 0 Å². The first-order chi connectivity index (χ1) is 8.02. The molecule has 17 heavy (non-hydrogen) atoms. The van der Waals surface area contributed by atoms with E-state index in [0.717, 1.165) is 24.2 Å². The molecule has 0 bridgehead atoms. The molecule has 1 aromatic carbocycles. The molecular formula is C12H15Cl2NOS. The molecule has 5 heteroatoms. The molecule has 0 heterocycles. The SMILES string of the molecule is NC1(CO)CCC(Sc2ccc(Cl)c(Cl)c2)C1. The molecule has 0 radical (unpaired) electrons. The van der Waals surface area contributed by atoms with Crippen LogP contribution >= 0.6 is 35.0 Å². The minimum atomic E-state index is -0.395. The number of halogens is 2. The largest absolute Gasteiger partial charge is 0.394 e. The van der Waals surface area contributed by atoms with E-state index in [9.17, 15) is 5.11 Å². The molecule has 1 aromatic rings. The van der Waals surface area contributed by atoms with Crippen molar-refractivity contribution in [1.82, 2.24) is 0 Å². The lowest BCUT2D eigenvalue weighted by Crippen LogP contribution is -2.40. The highest BCUT2D eigenvalue weighted by Crippen LogP contribution is 2.40. The van der Waals surface area contributed by atoms with E-state index in [4.69, 9.17) is 28.9 Å². The summed E-state index contributed by atoms with van der Waals surface area (Å²) >= 11 is 13.6. The van der Waals surface area contributed by atoms with Crippen molar-refractivity contribution >= 4 is 35.0 Å². The number of aliphatic hydroxyl groups is 1. The summed E-state index contributed by atoms with van der Waals surface area (Å²) in [4.78, 5) is 1.10. The second-order valence-corrected chi connectivity index (χ2v) is 6.77. The summed E-state index contributed by atoms with van der Waals surface area (Å²) in [7, 11) is 0. The molecule has 2 unspecified atom stereocenters. The molecule has 2 atom stereocenters. The second-order valence-electron chi connectivity index (χ2n) is 4.58. The van der Waals surface area contributed by atoms with Crippen LogP contribution in [-0.4, -0.2) is 22.5 Å². The van der Waals surface area contributed by atoms with Crippen LogP contribution in [0.4, 0.5) is 0 Å². The first kappa shape index (κ1) is 13.5. The quantitative estimate of drug-likeness (QED) is 0.898. The van der Waals surface area contributed by atoms with Gasteiger partial charge in [-0.3, -0.25) is 0 Å². The Balaban J connectivity index is 2.00.